The molecule has 0 aliphatic carbocycles. The van der Waals surface area contributed by atoms with Gasteiger partial charge in [-0.3, -0.25) is 4.99 Å². The molecule has 1 aromatic rings. The van der Waals surface area contributed by atoms with Gasteiger partial charge in [-0.1, -0.05) is 12.8 Å². The van der Waals surface area contributed by atoms with Gasteiger partial charge in [0.1, 0.15) is 5.75 Å². The lowest BCUT2D eigenvalue weighted by molar-refractivity contribution is -0.0505. The molecule has 0 unspecified atom stereocenters. The summed E-state index contributed by atoms with van der Waals surface area (Å²) in [4.78, 5) is 6.76. The molecule has 7 nitrogen and oxygen atoms in total. The standard InChI is InChI=1S/C21H32F2N4O3.HI/c1-24-21(25-8-4-2-5-9-27-10-6-3-7-11-27)26-14-16-12-18-19(29-15-28-18)13-17(16)30-20(22)23;/h12-13,20H,2-11,14-15H2,1H3,(H2,24,25,26);1H. The minimum Gasteiger partial charge on any atom is -0.454 e. The largest absolute Gasteiger partial charge is 0.454 e. The van der Waals surface area contributed by atoms with Gasteiger partial charge < -0.3 is 29.7 Å². The van der Waals surface area contributed by atoms with Crippen molar-refractivity contribution in [2.45, 2.75) is 51.7 Å². The average molecular weight is 554 g/mol. The highest BCUT2D eigenvalue weighted by atomic mass is 127. The van der Waals surface area contributed by atoms with Crippen LogP contribution in [0.5, 0.6) is 17.2 Å². The van der Waals surface area contributed by atoms with Gasteiger partial charge in [-0.2, -0.15) is 8.78 Å². The maximum absolute atomic E-state index is 12.8. The number of nitrogens with zero attached hydrogens (tertiary/aromatic N) is 2. The number of ether oxygens (including phenoxy) is 3. The second kappa shape index (κ2) is 13.8. The Hall–Kier alpha value is -1.56. The van der Waals surface area contributed by atoms with Gasteiger partial charge in [0.2, 0.25) is 6.79 Å². The molecule has 0 aromatic heterocycles. The van der Waals surface area contributed by atoms with Crippen LogP contribution in [0, 0.1) is 0 Å². The Morgan fingerprint density at radius 2 is 1.84 bits per heavy atom. The van der Waals surface area contributed by atoms with E-state index in [1.165, 1.54) is 51.4 Å². The molecule has 1 fully saturated rings. The Labute approximate surface area is 199 Å². The normalized spacial score (nSPS) is 16.2. The topological polar surface area (TPSA) is 67.4 Å². The zero-order valence-electron chi connectivity index (χ0n) is 18.0. The van der Waals surface area contributed by atoms with Crippen molar-refractivity contribution < 1.29 is 23.0 Å². The van der Waals surface area contributed by atoms with E-state index in [4.69, 9.17) is 9.47 Å². The fraction of sp³-hybridized carbons (Fsp3) is 0.667. The zero-order chi connectivity index (χ0) is 21.2. The molecule has 0 atom stereocenters. The SMILES string of the molecule is CN=C(NCCCCCN1CCCCC1)NCc1cc2c(cc1OC(F)F)OCO2.I. The number of benzene rings is 1. The summed E-state index contributed by atoms with van der Waals surface area (Å²) in [5.74, 6) is 1.60. The van der Waals surface area contributed by atoms with Crippen molar-refractivity contribution in [1.29, 1.82) is 0 Å². The number of unbranched alkanes of at least 4 members (excludes halogenated alkanes) is 2. The second-order valence-electron chi connectivity index (χ2n) is 7.51. The molecule has 0 bridgehead atoms. The van der Waals surface area contributed by atoms with E-state index in [9.17, 15) is 8.78 Å². The number of rotatable bonds is 10. The smallest absolute Gasteiger partial charge is 0.387 e. The Morgan fingerprint density at radius 3 is 2.55 bits per heavy atom. The zero-order valence-corrected chi connectivity index (χ0v) is 20.3. The summed E-state index contributed by atoms with van der Waals surface area (Å²) in [6.45, 7) is 1.91. The number of halogens is 3. The molecule has 1 aromatic carbocycles. The molecule has 3 rings (SSSR count). The van der Waals surface area contributed by atoms with Crippen LogP contribution in [0.2, 0.25) is 0 Å². The summed E-state index contributed by atoms with van der Waals surface area (Å²) in [6, 6.07) is 3.09. The predicted molar refractivity (Wildman–Crippen MR) is 127 cm³/mol. The molecule has 2 N–H and O–H groups in total. The van der Waals surface area contributed by atoms with E-state index in [1.54, 1.807) is 13.1 Å². The molecular weight excluding hydrogens is 521 g/mol. The molecule has 0 radical (unpaired) electrons. The third-order valence-electron chi connectivity index (χ3n) is 5.33. The highest BCUT2D eigenvalue weighted by Crippen LogP contribution is 2.38. The monoisotopic (exact) mass is 554 g/mol. The first-order valence-electron chi connectivity index (χ1n) is 10.7. The minimum atomic E-state index is -2.91. The van der Waals surface area contributed by atoms with Gasteiger partial charge in [-0.25, -0.2) is 0 Å². The molecule has 2 aliphatic heterocycles. The predicted octanol–water partition coefficient (Wildman–Crippen LogP) is 3.96. The van der Waals surface area contributed by atoms with Crippen LogP contribution in [-0.4, -0.2) is 57.5 Å². The Kier molecular flexibility index (Phi) is 11.4. The molecule has 10 heteroatoms. The van der Waals surface area contributed by atoms with Crippen molar-refractivity contribution in [3.8, 4) is 17.2 Å². The summed E-state index contributed by atoms with van der Waals surface area (Å²) in [7, 11) is 1.68. The number of nitrogens with one attached hydrogen (secondary N) is 2. The first-order valence-corrected chi connectivity index (χ1v) is 10.7. The fourth-order valence-corrected chi connectivity index (χ4v) is 3.74. The second-order valence-corrected chi connectivity index (χ2v) is 7.51. The summed E-state index contributed by atoms with van der Waals surface area (Å²) in [5, 5.41) is 6.41. The van der Waals surface area contributed by atoms with Crippen molar-refractivity contribution in [3.05, 3.63) is 17.7 Å². The highest BCUT2D eigenvalue weighted by molar-refractivity contribution is 14.0. The molecule has 1 saturated heterocycles. The quantitative estimate of drug-likeness (QED) is 0.198. The third kappa shape index (κ3) is 8.47. The van der Waals surface area contributed by atoms with Crippen molar-refractivity contribution in [2.24, 2.45) is 4.99 Å². The molecule has 0 amide bonds. The van der Waals surface area contributed by atoms with E-state index in [1.807, 2.05) is 0 Å². The van der Waals surface area contributed by atoms with Crippen LogP contribution in [0.25, 0.3) is 0 Å². The van der Waals surface area contributed by atoms with Gasteiger partial charge in [0.05, 0.1) is 0 Å². The van der Waals surface area contributed by atoms with Crippen molar-refractivity contribution in [3.63, 3.8) is 0 Å². The van der Waals surface area contributed by atoms with Crippen LogP contribution in [-0.2, 0) is 6.54 Å². The number of hydrogen-bond acceptors (Lipinski definition) is 5. The number of aliphatic imine (C=N–C) groups is 1. The van der Waals surface area contributed by atoms with Gasteiger partial charge in [-0.15, -0.1) is 24.0 Å². The van der Waals surface area contributed by atoms with Gasteiger partial charge in [0.25, 0.3) is 0 Å². The number of fused-ring (bicyclic) bond motifs is 1. The number of likely N-dealkylation sites (tertiary alicyclic amines) is 1. The van der Waals surface area contributed by atoms with Crippen LogP contribution in [0.1, 0.15) is 44.1 Å². The van der Waals surface area contributed by atoms with E-state index in [-0.39, 0.29) is 43.1 Å². The maximum Gasteiger partial charge on any atom is 0.387 e. The van der Waals surface area contributed by atoms with Gasteiger partial charge in [0, 0.05) is 31.8 Å². The Balaban J connectivity index is 0.00000341. The lowest BCUT2D eigenvalue weighted by atomic mass is 10.1. The molecule has 2 aliphatic rings. The van der Waals surface area contributed by atoms with Gasteiger partial charge in [0.15, 0.2) is 17.5 Å². The Bertz CT molecular complexity index is 703. The van der Waals surface area contributed by atoms with Crippen molar-refractivity contribution in [1.82, 2.24) is 15.5 Å². The third-order valence-corrected chi connectivity index (χ3v) is 5.33. The van der Waals surface area contributed by atoms with Crippen LogP contribution >= 0.6 is 24.0 Å². The summed E-state index contributed by atoms with van der Waals surface area (Å²) in [6.07, 6.45) is 7.45. The number of alkyl halides is 2. The number of hydrogen-bond donors (Lipinski definition) is 2. The first kappa shape index (κ1) is 25.7. The molecule has 176 valence electrons. The molecular formula is C21H33F2IN4O3. The maximum atomic E-state index is 12.8. The van der Waals surface area contributed by atoms with E-state index in [2.05, 4.69) is 25.3 Å². The van der Waals surface area contributed by atoms with Crippen LogP contribution in [0.3, 0.4) is 0 Å². The van der Waals surface area contributed by atoms with Crippen molar-refractivity contribution >= 4 is 29.9 Å². The summed E-state index contributed by atoms with van der Waals surface area (Å²) < 4.78 is 40.7. The molecule has 0 spiro atoms. The van der Waals surface area contributed by atoms with E-state index in [0.29, 0.717) is 23.0 Å². The Morgan fingerprint density at radius 1 is 1.10 bits per heavy atom. The summed E-state index contributed by atoms with van der Waals surface area (Å²) >= 11 is 0. The summed E-state index contributed by atoms with van der Waals surface area (Å²) in [5.41, 5.74) is 0.545. The lowest BCUT2D eigenvalue weighted by Crippen LogP contribution is -2.37. The number of piperidine rings is 1. The minimum absolute atomic E-state index is 0. The average Bonchev–Trinajstić information content (AvgIpc) is 3.20. The van der Waals surface area contributed by atoms with Crippen LogP contribution < -0.4 is 24.8 Å². The molecule has 2 heterocycles. The lowest BCUT2D eigenvalue weighted by Gasteiger charge is -2.26. The van der Waals surface area contributed by atoms with Gasteiger partial charge in [-0.05, 0) is 51.4 Å². The van der Waals surface area contributed by atoms with E-state index >= 15 is 0 Å². The van der Waals surface area contributed by atoms with Crippen LogP contribution in [0.4, 0.5) is 8.78 Å². The van der Waals surface area contributed by atoms with Crippen LogP contribution in [0.15, 0.2) is 17.1 Å². The fourth-order valence-electron chi connectivity index (χ4n) is 3.74. The molecule has 31 heavy (non-hydrogen) atoms. The first-order chi connectivity index (χ1) is 14.7. The van der Waals surface area contributed by atoms with Crippen molar-refractivity contribution in [2.75, 3.05) is 40.0 Å². The molecule has 0 saturated carbocycles. The van der Waals surface area contributed by atoms with E-state index in [0.717, 1.165) is 19.4 Å². The van der Waals surface area contributed by atoms with E-state index < -0.39 is 6.61 Å². The highest BCUT2D eigenvalue weighted by Gasteiger charge is 2.20. The number of guanidine groups is 1. The van der Waals surface area contributed by atoms with Gasteiger partial charge >= 0.3 is 6.61 Å².